The largest absolute Gasteiger partial charge is 0.482 e. The summed E-state index contributed by atoms with van der Waals surface area (Å²) in [6.07, 6.45) is 0.824. The normalized spacial score (nSPS) is 17.4. The number of rotatable bonds is 4. The number of sulfonamides is 1. The molecule has 0 aliphatic carbocycles. The lowest BCUT2D eigenvalue weighted by Gasteiger charge is -2.31. The van der Waals surface area contributed by atoms with Crippen molar-refractivity contribution in [3.05, 3.63) is 47.0 Å². The van der Waals surface area contributed by atoms with Crippen LogP contribution in [0.3, 0.4) is 0 Å². The van der Waals surface area contributed by atoms with E-state index >= 15 is 0 Å². The quantitative estimate of drug-likeness (QED) is 0.725. The van der Waals surface area contributed by atoms with Gasteiger partial charge in [-0.25, -0.2) is 8.42 Å². The molecular formula is C21H22ClN3O5S. The number of hydrogen-bond acceptors (Lipinski definition) is 5. The highest BCUT2D eigenvalue weighted by Gasteiger charge is 2.33. The van der Waals surface area contributed by atoms with Gasteiger partial charge in [0.2, 0.25) is 15.9 Å². The van der Waals surface area contributed by atoms with Crippen molar-refractivity contribution in [3.63, 3.8) is 0 Å². The standard InChI is InChI=1S/C21H22ClN3O5S/c1-13-16(22)3-2-4-17(13)24-21(27)14-7-9-25(10-8-14)31(28,29)15-5-6-19-18(11-15)23-20(26)12-30-19/h2-6,11,14H,7-10,12H2,1H3,(H,23,26)(H,24,27). The molecule has 8 nitrogen and oxygen atoms in total. The Hall–Kier alpha value is -2.62. The average Bonchev–Trinajstić information content (AvgIpc) is 2.76. The van der Waals surface area contributed by atoms with E-state index in [2.05, 4.69) is 10.6 Å². The number of piperidine rings is 1. The molecule has 0 atom stereocenters. The highest BCUT2D eigenvalue weighted by molar-refractivity contribution is 7.89. The first-order valence-electron chi connectivity index (χ1n) is 9.88. The van der Waals surface area contributed by atoms with Gasteiger partial charge >= 0.3 is 0 Å². The third-order valence-corrected chi connectivity index (χ3v) is 7.88. The van der Waals surface area contributed by atoms with Crippen LogP contribution in [-0.4, -0.2) is 44.2 Å². The fourth-order valence-corrected chi connectivity index (χ4v) is 5.38. The molecule has 0 spiro atoms. The van der Waals surface area contributed by atoms with Crippen LogP contribution in [-0.2, 0) is 19.6 Å². The van der Waals surface area contributed by atoms with Crippen LogP contribution in [0.5, 0.6) is 5.75 Å². The number of nitrogens with zero attached hydrogens (tertiary/aromatic N) is 1. The summed E-state index contributed by atoms with van der Waals surface area (Å²) in [5.41, 5.74) is 1.79. The number of anilines is 2. The Labute approximate surface area is 185 Å². The highest BCUT2D eigenvalue weighted by atomic mass is 35.5. The Morgan fingerprint density at radius 1 is 1.23 bits per heavy atom. The number of halogens is 1. The topological polar surface area (TPSA) is 105 Å². The van der Waals surface area contributed by atoms with E-state index in [0.717, 1.165) is 5.56 Å². The Morgan fingerprint density at radius 2 is 1.97 bits per heavy atom. The summed E-state index contributed by atoms with van der Waals surface area (Å²) >= 11 is 6.11. The van der Waals surface area contributed by atoms with E-state index in [1.165, 1.54) is 22.5 Å². The van der Waals surface area contributed by atoms with Crippen LogP contribution < -0.4 is 15.4 Å². The summed E-state index contributed by atoms with van der Waals surface area (Å²) in [6, 6.07) is 9.72. The predicted octanol–water partition coefficient (Wildman–Crippen LogP) is 3.02. The van der Waals surface area contributed by atoms with Crippen LogP contribution in [0.4, 0.5) is 11.4 Å². The Morgan fingerprint density at radius 3 is 2.71 bits per heavy atom. The maximum atomic E-state index is 13.1. The first kappa shape index (κ1) is 21.6. The van der Waals surface area contributed by atoms with Crippen molar-refractivity contribution < 1.29 is 22.7 Å². The van der Waals surface area contributed by atoms with Crippen LogP contribution in [0.2, 0.25) is 5.02 Å². The molecule has 2 aromatic rings. The van der Waals surface area contributed by atoms with Gasteiger partial charge in [-0.2, -0.15) is 4.31 Å². The summed E-state index contributed by atoms with van der Waals surface area (Å²) in [5.74, 6) is -0.328. The van der Waals surface area contributed by atoms with Crippen molar-refractivity contribution in [1.29, 1.82) is 0 Å². The van der Waals surface area contributed by atoms with Crippen molar-refractivity contribution in [2.75, 3.05) is 30.3 Å². The van der Waals surface area contributed by atoms with Crippen LogP contribution in [0.25, 0.3) is 0 Å². The first-order chi connectivity index (χ1) is 14.8. The van der Waals surface area contributed by atoms with Gasteiger partial charge in [-0.15, -0.1) is 0 Å². The molecule has 0 aromatic heterocycles. The molecule has 0 unspecified atom stereocenters. The van der Waals surface area contributed by atoms with Crippen molar-refractivity contribution in [2.45, 2.75) is 24.7 Å². The SMILES string of the molecule is Cc1c(Cl)cccc1NC(=O)C1CCN(S(=O)(=O)c2ccc3c(c2)NC(=O)CO3)CC1. The monoisotopic (exact) mass is 463 g/mol. The number of carbonyl (C=O) groups excluding carboxylic acids is 2. The molecule has 31 heavy (non-hydrogen) atoms. The molecule has 10 heteroatoms. The summed E-state index contributed by atoms with van der Waals surface area (Å²) in [4.78, 5) is 24.3. The van der Waals surface area contributed by atoms with Gasteiger partial charge in [0.05, 0.1) is 10.6 Å². The maximum absolute atomic E-state index is 13.1. The van der Waals surface area contributed by atoms with E-state index in [0.29, 0.717) is 35.0 Å². The molecule has 2 aliphatic rings. The Kier molecular flexibility index (Phi) is 5.92. The molecule has 1 fully saturated rings. The minimum atomic E-state index is -3.76. The predicted molar refractivity (Wildman–Crippen MR) is 117 cm³/mol. The summed E-state index contributed by atoms with van der Waals surface area (Å²) in [7, 11) is -3.76. The lowest BCUT2D eigenvalue weighted by atomic mass is 9.97. The molecule has 2 heterocycles. The van der Waals surface area contributed by atoms with Gasteiger partial charge in [0.1, 0.15) is 5.75 Å². The van der Waals surface area contributed by atoms with E-state index in [4.69, 9.17) is 16.3 Å². The second kappa shape index (κ2) is 8.49. The fourth-order valence-electron chi connectivity index (χ4n) is 3.71. The Balaban J connectivity index is 1.42. The zero-order valence-corrected chi connectivity index (χ0v) is 18.4. The summed E-state index contributed by atoms with van der Waals surface area (Å²) < 4.78 is 32.8. The molecule has 2 amide bonds. The molecule has 4 rings (SSSR count). The van der Waals surface area contributed by atoms with E-state index in [9.17, 15) is 18.0 Å². The minimum Gasteiger partial charge on any atom is -0.482 e. The van der Waals surface area contributed by atoms with Crippen molar-refractivity contribution in [2.24, 2.45) is 5.92 Å². The second-order valence-electron chi connectivity index (χ2n) is 7.57. The van der Waals surface area contributed by atoms with Gasteiger partial charge in [-0.05, 0) is 55.7 Å². The van der Waals surface area contributed by atoms with E-state index in [1.807, 2.05) is 6.92 Å². The zero-order valence-electron chi connectivity index (χ0n) is 16.9. The summed E-state index contributed by atoms with van der Waals surface area (Å²) in [5, 5.41) is 6.09. The van der Waals surface area contributed by atoms with Crippen molar-refractivity contribution >= 4 is 44.8 Å². The van der Waals surface area contributed by atoms with Crippen molar-refractivity contribution in [1.82, 2.24) is 4.31 Å². The average molecular weight is 464 g/mol. The van der Waals surface area contributed by atoms with Crippen molar-refractivity contribution in [3.8, 4) is 5.75 Å². The fraction of sp³-hybridized carbons (Fsp3) is 0.333. The van der Waals surface area contributed by atoms with Gasteiger partial charge in [0.25, 0.3) is 5.91 Å². The molecule has 2 aromatic carbocycles. The third kappa shape index (κ3) is 4.39. The summed E-state index contributed by atoms with van der Waals surface area (Å²) in [6.45, 7) is 2.20. The van der Waals surface area contributed by atoms with E-state index < -0.39 is 10.0 Å². The number of nitrogens with one attached hydrogen (secondary N) is 2. The molecule has 0 radical (unpaired) electrons. The van der Waals surface area contributed by atoms with Crippen LogP contribution in [0, 0.1) is 12.8 Å². The lowest BCUT2D eigenvalue weighted by molar-refractivity contribution is -0.121. The van der Waals surface area contributed by atoms with Gasteiger partial charge < -0.3 is 15.4 Å². The molecule has 2 N–H and O–H groups in total. The number of carbonyl (C=O) groups is 2. The Bertz CT molecular complexity index is 1140. The van der Waals surface area contributed by atoms with Gasteiger partial charge in [-0.1, -0.05) is 17.7 Å². The van der Waals surface area contributed by atoms with Crippen LogP contribution in [0.1, 0.15) is 18.4 Å². The van der Waals surface area contributed by atoms with Gasteiger partial charge in [0.15, 0.2) is 6.61 Å². The number of benzene rings is 2. The van der Waals surface area contributed by atoms with Crippen LogP contribution in [0.15, 0.2) is 41.3 Å². The molecule has 0 saturated carbocycles. The molecule has 2 aliphatic heterocycles. The molecule has 164 valence electrons. The number of hydrogen-bond donors (Lipinski definition) is 2. The third-order valence-electron chi connectivity index (χ3n) is 5.57. The second-order valence-corrected chi connectivity index (χ2v) is 9.92. The molecular weight excluding hydrogens is 442 g/mol. The lowest BCUT2D eigenvalue weighted by Crippen LogP contribution is -2.41. The van der Waals surface area contributed by atoms with E-state index in [1.54, 1.807) is 18.2 Å². The smallest absolute Gasteiger partial charge is 0.262 e. The molecule has 1 saturated heterocycles. The minimum absolute atomic E-state index is 0.0782. The van der Waals surface area contributed by atoms with Crippen LogP contribution >= 0.6 is 11.6 Å². The first-order valence-corrected chi connectivity index (χ1v) is 11.7. The number of fused-ring (bicyclic) bond motifs is 1. The van der Waals surface area contributed by atoms with Gasteiger partial charge in [-0.3, -0.25) is 9.59 Å². The number of ether oxygens (including phenoxy) is 1. The van der Waals surface area contributed by atoms with Gasteiger partial charge in [0, 0.05) is 29.7 Å². The zero-order chi connectivity index (χ0) is 22.2. The molecule has 0 bridgehead atoms. The number of amides is 2. The van der Waals surface area contributed by atoms with E-state index in [-0.39, 0.29) is 42.3 Å². The maximum Gasteiger partial charge on any atom is 0.262 e. The highest BCUT2D eigenvalue weighted by Crippen LogP contribution is 2.32.